The normalized spacial score (nSPS) is 17.8. The number of benzene rings is 1. The minimum atomic E-state index is -0.303. The van der Waals surface area contributed by atoms with Crippen molar-refractivity contribution in [2.24, 2.45) is 10.1 Å². The fourth-order valence-electron chi connectivity index (χ4n) is 4.01. The van der Waals surface area contributed by atoms with E-state index in [0.29, 0.717) is 49.0 Å². The predicted octanol–water partition coefficient (Wildman–Crippen LogP) is 3.74. The van der Waals surface area contributed by atoms with Gasteiger partial charge in [0.15, 0.2) is 17.3 Å². The van der Waals surface area contributed by atoms with Crippen LogP contribution < -0.4 is 9.47 Å². The van der Waals surface area contributed by atoms with Crippen molar-refractivity contribution in [1.29, 1.82) is 5.41 Å². The SMILES string of the molecule is CCOC1=NC2CC(=N)N(CC(=O)c3cc(OCCCO)c(OC)c(C(C)(C)C)c3)N=C2C(C)=C1. The number of Topliss-reactive ketones (excluding diaryl/α,β-unsaturated/α-hetero) is 1. The van der Waals surface area contributed by atoms with Crippen molar-refractivity contribution in [2.75, 3.05) is 33.5 Å². The maximum atomic E-state index is 13.4. The van der Waals surface area contributed by atoms with Crippen molar-refractivity contribution in [2.45, 2.75) is 58.9 Å². The van der Waals surface area contributed by atoms with Crippen molar-refractivity contribution < 1.29 is 24.1 Å². The van der Waals surface area contributed by atoms with Crippen LogP contribution in [0, 0.1) is 5.41 Å². The third-order valence-electron chi connectivity index (χ3n) is 5.80. The number of rotatable bonds is 9. The van der Waals surface area contributed by atoms with Gasteiger partial charge in [-0.15, -0.1) is 0 Å². The van der Waals surface area contributed by atoms with Gasteiger partial charge in [-0.25, -0.2) is 10.0 Å². The van der Waals surface area contributed by atoms with E-state index in [1.807, 2.05) is 46.8 Å². The first-order valence-electron chi connectivity index (χ1n) is 11.9. The zero-order valence-electron chi connectivity index (χ0n) is 21.5. The predicted molar refractivity (Wildman–Crippen MR) is 136 cm³/mol. The van der Waals surface area contributed by atoms with Crippen LogP contribution in [0.1, 0.15) is 63.4 Å². The number of carbonyl (C=O) groups is 1. The second-order valence-electron chi connectivity index (χ2n) is 9.59. The molecule has 1 unspecified atom stereocenters. The summed E-state index contributed by atoms with van der Waals surface area (Å²) in [4.78, 5) is 17.9. The Morgan fingerprint density at radius 2 is 2.03 bits per heavy atom. The number of ketones is 1. The van der Waals surface area contributed by atoms with E-state index in [-0.39, 0.29) is 36.2 Å². The molecule has 0 aromatic heterocycles. The monoisotopic (exact) mass is 484 g/mol. The number of fused-ring (bicyclic) bond motifs is 1. The molecule has 190 valence electrons. The highest BCUT2D eigenvalue weighted by Gasteiger charge is 2.32. The van der Waals surface area contributed by atoms with Gasteiger partial charge in [-0.05, 0) is 37.0 Å². The molecule has 0 fully saturated rings. The summed E-state index contributed by atoms with van der Waals surface area (Å²) in [5.74, 6) is 1.62. The minimum absolute atomic E-state index is 0.00936. The van der Waals surface area contributed by atoms with Crippen LogP contribution in [0.15, 0.2) is 33.9 Å². The number of amidine groups is 1. The van der Waals surface area contributed by atoms with Crippen LogP contribution in [0.3, 0.4) is 0 Å². The molecule has 1 aromatic carbocycles. The van der Waals surface area contributed by atoms with Gasteiger partial charge in [-0.2, -0.15) is 5.10 Å². The van der Waals surface area contributed by atoms with Gasteiger partial charge in [0.25, 0.3) is 0 Å². The Bertz CT molecular complexity index is 1070. The van der Waals surface area contributed by atoms with Crippen molar-refractivity contribution in [3.8, 4) is 11.5 Å². The molecule has 0 radical (unpaired) electrons. The maximum Gasteiger partial charge on any atom is 0.209 e. The van der Waals surface area contributed by atoms with Gasteiger partial charge in [-0.1, -0.05) is 20.8 Å². The summed E-state index contributed by atoms with van der Waals surface area (Å²) in [6, 6.07) is 3.22. The van der Waals surface area contributed by atoms with Crippen LogP contribution in [0.4, 0.5) is 0 Å². The first kappa shape index (κ1) is 26.4. The topological polar surface area (TPSA) is 117 Å². The molecule has 2 heterocycles. The van der Waals surface area contributed by atoms with Crippen molar-refractivity contribution in [3.05, 3.63) is 34.9 Å². The lowest BCUT2D eigenvalue weighted by Crippen LogP contribution is -2.42. The van der Waals surface area contributed by atoms with Crippen LogP contribution in [0.25, 0.3) is 0 Å². The average molecular weight is 485 g/mol. The molecule has 9 nitrogen and oxygen atoms in total. The van der Waals surface area contributed by atoms with Gasteiger partial charge in [0.2, 0.25) is 5.90 Å². The molecule has 35 heavy (non-hydrogen) atoms. The highest BCUT2D eigenvalue weighted by atomic mass is 16.5. The quantitative estimate of drug-likeness (QED) is 0.407. The molecule has 0 spiro atoms. The first-order chi connectivity index (χ1) is 16.6. The van der Waals surface area contributed by atoms with Gasteiger partial charge >= 0.3 is 0 Å². The summed E-state index contributed by atoms with van der Waals surface area (Å²) >= 11 is 0. The minimum Gasteiger partial charge on any atom is -0.493 e. The second kappa shape index (κ2) is 11.0. The van der Waals surface area contributed by atoms with E-state index in [9.17, 15) is 4.79 Å². The number of hydrogen-bond acceptors (Lipinski definition) is 8. The number of aliphatic hydroxyl groups is 1. The Balaban J connectivity index is 1.90. The lowest BCUT2D eigenvalue weighted by Gasteiger charge is -2.31. The fourth-order valence-corrected chi connectivity index (χ4v) is 4.01. The highest BCUT2D eigenvalue weighted by Crippen LogP contribution is 2.40. The van der Waals surface area contributed by atoms with Gasteiger partial charge in [0, 0.05) is 36.7 Å². The zero-order valence-corrected chi connectivity index (χ0v) is 21.5. The third-order valence-corrected chi connectivity index (χ3v) is 5.80. The summed E-state index contributed by atoms with van der Waals surface area (Å²) in [5, 5.41) is 23.7. The number of ether oxygens (including phenoxy) is 3. The smallest absolute Gasteiger partial charge is 0.209 e. The van der Waals surface area contributed by atoms with E-state index in [2.05, 4.69) is 10.1 Å². The zero-order chi connectivity index (χ0) is 25.8. The van der Waals surface area contributed by atoms with Crippen LogP contribution in [-0.4, -0.2) is 72.9 Å². The van der Waals surface area contributed by atoms with E-state index < -0.39 is 0 Å². The summed E-state index contributed by atoms with van der Waals surface area (Å²) in [5.41, 5.74) is 2.65. The van der Waals surface area contributed by atoms with Crippen LogP contribution in [-0.2, 0) is 10.2 Å². The molecule has 2 aliphatic heterocycles. The van der Waals surface area contributed by atoms with E-state index in [0.717, 1.165) is 16.8 Å². The molecule has 0 saturated carbocycles. The number of nitrogens with zero attached hydrogens (tertiary/aromatic N) is 3. The van der Waals surface area contributed by atoms with E-state index in [1.165, 1.54) is 5.01 Å². The van der Waals surface area contributed by atoms with Gasteiger partial charge in [0.1, 0.15) is 18.4 Å². The summed E-state index contributed by atoms with van der Waals surface area (Å²) in [7, 11) is 1.58. The number of carbonyl (C=O) groups excluding carboxylic acids is 1. The molecule has 2 N–H and O–H groups in total. The van der Waals surface area contributed by atoms with E-state index in [4.69, 9.17) is 24.7 Å². The largest absolute Gasteiger partial charge is 0.493 e. The number of hydrazone groups is 1. The Morgan fingerprint density at radius 1 is 1.29 bits per heavy atom. The van der Waals surface area contributed by atoms with E-state index >= 15 is 0 Å². The molecular weight excluding hydrogens is 448 g/mol. The van der Waals surface area contributed by atoms with E-state index in [1.54, 1.807) is 13.2 Å². The molecule has 0 amide bonds. The molecule has 9 heteroatoms. The highest BCUT2D eigenvalue weighted by molar-refractivity contribution is 6.14. The molecule has 0 saturated heterocycles. The maximum absolute atomic E-state index is 13.4. The molecule has 0 aliphatic carbocycles. The van der Waals surface area contributed by atoms with Crippen molar-refractivity contribution >= 4 is 23.2 Å². The Kier molecular flexibility index (Phi) is 8.32. The molecule has 1 atom stereocenters. The molecule has 3 rings (SSSR count). The first-order valence-corrected chi connectivity index (χ1v) is 11.9. The molecule has 1 aromatic rings. The average Bonchev–Trinajstić information content (AvgIpc) is 2.79. The molecule has 2 aliphatic rings. The fraction of sp³-hybridized carbons (Fsp3) is 0.538. The summed E-state index contributed by atoms with van der Waals surface area (Å²) in [6.07, 6.45) is 2.65. The van der Waals surface area contributed by atoms with Crippen molar-refractivity contribution in [3.63, 3.8) is 0 Å². The number of dihydropyridines is 1. The standard InChI is InChI=1S/C26H36N4O5/c1-7-34-23-11-16(2)24-19(28-23)14-22(27)30(29-24)15-20(32)17-12-18(26(3,4)5)25(33-6)21(13-17)35-10-8-9-31/h11-13,19,27,31H,7-10,14-15H2,1-6H3. The number of aliphatic hydroxyl groups excluding tert-OH is 1. The lowest BCUT2D eigenvalue weighted by atomic mass is 9.84. The number of aliphatic imine (C=N–C) groups is 1. The van der Waals surface area contributed by atoms with Gasteiger partial charge in [0.05, 0.1) is 26.0 Å². The number of methoxy groups -OCH3 is 1. The Hall–Kier alpha value is -3.20. The third kappa shape index (κ3) is 6.08. The van der Waals surface area contributed by atoms with Crippen molar-refractivity contribution in [1.82, 2.24) is 5.01 Å². The lowest BCUT2D eigenvalue weighted by molar-refractivity contribution is 0.0961. The number of hydrogen-bond donors (Lipinski definition) is 2. The van der Waals surface area contributed by atoms with Crippen LogP contribution >= 0.6 is 0 Å². The van der Waals surface area contributed by atoms with Gasteiger partial charge < -0.3 is 19.3 Å². The summed E-state index contributed by atoms with van der Waals surface area (Å²) in [6.45, 7) is 10.7. The van der Waals surface area contributed by atoms with Crippen LogP contribution in [0.5, 0.6) is 11.5 Å². The summed E-state index contributed by atoms with van der Waals surface area (Å²) < 4.78 is 17.0. The number of nitrogens with one attached hydrogen (secondary N) is 1. The Labute approximate surface area is 207 Å². The molecular formula is C26H36N4O5. The van der Waals surface area contributed by atoms with Gasteiger partial charge in [-0.3, -0.25) is 10.2 Å². The second-order valence-corrected chi connectivity index (χ2v) is 9.59. The molecule has 0 bridgehead atoms. The Morgan fingerprint density at radius 3 is 2.66 bits per heavy atom. The van der Waals surface area contributed by atoms with Crippen LogP contribution in [0.2, 0.25) is 0 Å².